The molecule has 0 spiro atoms. The zero-order chi connectivity index (χ0) is 25.5. The molecule has 2 N–H and O–H groups in total. The predicted molar refractivity (Wildman–Crippen MR) is 138 cm³/mol. The van der Waals surface area contributed by atoms with E-state index in [9.17, 15) is 14.4 Å². The van der Waals surface area contributed by atoms with Gasteiger partial charge in [-0.2, -0.15) is 0 Å². The van der Waals surface area contributed by atoms with Gasteiger partial charge in [-0.1, -0.05) is 55.5 Å². The highest BCUT2D eigenvalue weighted by molar-refractivity contribution is 6.08. The maximum absolute atomic E-state index is 13.1. The summed E-state index contributed by atoms with van der Waals surface area (Å²) >= 11 is 0. The van der Waals surface area contributed by atoms with Crippen LogP contribution in [0.15, 0.2) is 67.0 Å². The van der Waals surface area contributed by atoms with Crippen molar-refractivity contribution in [3.05, 3.63) is 89.4 Å². The fourth-order valence-corrected chi connectivity index (χ4v) is 4.55. The number of carbonyl (C=O) groups excluding carboxylic acids is 3. The van der Waals surface area contributed by atoms with Gasteiger partial charge in [0.25, 0.3) is 11.8 Å². The van der Waals surface area contributed by atoms with Crippen molar-refractivity contribution >= 4 is 23.5 Å². The van der Waals surface area contributed by atoms with E-state index in [1.54, 1.807) is 12.1 Å². The van der Waals surface area contributed by atoms with Crippen molar-refractivity contribution in [2.45, 2.75) is 45.1 Å². The van der Waals surface area contributed by atoms with Crippen molar-refractivity contribution in [1.82, 2.24) is 20.2 Å². The smallest absolute Gasteiger partial charge is 0.273 e. The number of anilines is 1. The van der Waals surface area contributed by atoms with E-state index in [1.807, 2.05) is 61.2 Å². The van der Waals surface area contributed by atoms with E-state index in [-0.39, 0.29) is 35.3 Å². The lowest BCUT2D eigenvalue weighted by atomic mass is 9.93. The van der Waals surface area contributed by atoms with Gasteiger partial charge in [0, 0.05) is 37.1 Å². The Bertz CT molecular complexity index is 1220. The third kappa shape index (κ3) is 5.76. The summed E-state index contributed by atoms with van der Waals surface area (Å²) in [4.78, 5) is 49.1. The second kappa shape index (κ2) is 11.6. The molecule has 0 aliphatic carbocycles. The quantitative estimate of drug-likeness (QED) is 0.527. The number of piperidine rings is 1. The lowest BCUT2D eigenvalue weighted by Gasteiger charge is -2.34. The van der Waals surface area contributed by atoms with Crippen molar-refractivity contribution in [1.29, 1.82) is 0 Å². The van der Waals surface area contributed by atoms with Crippen LogP contribution in [-0.4, -0.2) is 51.7 Å². The van der Waals surface area contributed by atoms with Crippen molar-refractivity contribution in [2.75, 3.05) is 18.4 Å². The number of nitrogens with one attached hydrogen (secondary N) is 2. The highest BCUT2D eigenvalue weighted by Crippen LogP contribution is 2.24. The van der Waals surface area contributed by atoms with Crippen LogP contribution in [0.3, 0.4) is 0 Å². The number of carbonyl (C=O) groups is 3. The molecule has 2 aromatic carbocycles. The van der Waals surface area contributed by atoms with Crippen LogP contribution in [0.1, 0.15) is 64.1 Å². The number of hydrogen-bond acceptors (Lipinski definition) is 5. The molecule has 186 valence electrons. The molecule has 1 atom stereocenters. The minimum atomic E-state index is -0.399. The van der Waals surface area contributed by atoms with Gasteiger partial charge in [0.2, 0.25) is 5.91 Å². The maximum Gasteiger partial charge on any atom is 0.273 e. The van der Waals surface area contributed by atoms with Gasteiger partial charge in [0.05, 0.1) is 5.92 Å². The fourth-order valence-electron chi connectivity index (χ4n) is 4.55. The Kier molecular flexibility index (Phi) is 8.05. The maximum atomic E-state index is 13.1. The Labute approximate surface area is 211 Å². The zero-order valence-electron chi connectivity index (χ0n) is 20.6. The van der Waals surface area contributed by atoms with Crippen LogP contribution in [0, 0.1) is 6.92 Å². The average molecular weight is 486 g/mol. The molecule has 1 aliphatic rings. The molecule has 8 nitrogen and oxygen atoms in total. The van der Waals surface area contributed by atoms with Crippen LogP contribution in [0.25, 0.3) is 0 Å². The first-order chi connectivity index (χ1) is 17.5. The summed E-state index contributed by atoms with van der Waals surface area (Å²) in [6.07, 6.45) is 4.89. The molecule has 0 bridgehead atoms. The molecule has 8 heteroatoms. The van der Waals surface area contributed by atoms with E-state index in [4.69, 9.17) is 0 Å². The standard InChI is InChI=1S/C28H31N5O3/c1-3-22(20-10-5-4-6-11-20)28(36)33-17-13-21(14-18-33)31-27(35)24-25(30-16-15-29-24)32-26(34)23-12-8-7-9-19(23)2/h4-12,15-16,21-22H,3,13-14,17-18H2,1-2H3,(H,31,35)(H,30,32,34)/t22-/m0/s1. The third-order valence-electron chi connectivity index (χ3n) is 6.59. The number of likely N-dealkylation sites (tertiary alicyclic amines) is 1. The number of amides is 3. The third-order valence-corrected chi connectivity index (χ3v) is 6.59. The van der Waals surface area contributed by atoms with E-state index in [0.29, 0.717) is 31.5 Å². The Balaban J connectivity index is 1.36. The molecule has 1 aliphatic heterocycles. The van der Waals surface area contributed by atoms with Crippen molar-refractivity contribution in [3.63, 3.8) is 0 Å². The number of benzene rings is 2. The summed E-state index contributed by atoms with van der Waals surface area (Å²) in [5, 5.41) is 5.72. The van der Waals surface area contributed by atoms with E-state index < -0.39 is 5.91 Å². The lowest BCUT2D eigenvalue weighted by molar-refractivity contribution is -0.134. The number of hydrogen-bond donors (Lipinski definition) is 2. The normalized spacial score (nSPS) is 14.7. The number of aromatic nitrogens is 2. The highest BCUT2D eigenvalue weighted by atomic mass is 16.2. The fraction of sp³-hybridized carbons (Fsp3) is 0.321. The molecular weight excluding hydrogens is 454 g/mol. The molecule has 0 radical (unpaired) electrons. The molecule has 0 unspecified atom stereocenters. The van der Waals surface area contributed by atoms with Crippen LogP contribution < -0.4 is 10.6 Å². The minimum Gasteiger partial charge on any atom is -0.348 e. The van der Waals surface area contributed by atoms with Crippen LogP contribution in [0.2, 0.25) is 0 Å². The van der Waals surface area contributed by atoms with Crippen molar-refractivity contribution in [3.8, 4) is 0 Å². The lowest BCUT2D eigenvalue weighted by Crippen LogP contribution is -2.48. The molecule has 3 amide bonds. The second-order valence-electron chi connectivity index (χ2n) is 8.97. The first-order valence-corrected chi connectivity index (χ1v) is 12.3. The highest BCUT2D eigenvalue weighted by Gasteiger charge is 2.29. The van der Waals surface area contributed by atoms with Gasteiger partial charge < -0.3 is 15.5 Å². The van der Waals surface area contributed by atoms with Crippen molar-refractivity contribution < 1.29 is 14.4 Å². The number of rotatable bonds is 7. The van der Waals surface area contributed by atoms with Gasteiger partial charge in [0.15, 0.2) is 11.5 Å². The largest absolute Gasteiger partial charge is 0.348 e. The number of nitrogens with zero attached hydrogens (tertiary/aromatic N) is 3. The molecule has 1 aromatic heterocycles. The van der Waals surface area contributed by atoms with Crippen LogP contribution in [0.5, 0.6) is 0 Å². The van der Waals surface area contributed by atoms with Gasteiger partial charge in [0.1, 0.15) is 0 Å². The zero-order valence-corrected chi connectivity index (χ0v) is 20.6. The molecule has 4 rings (SSSR count). The van der Waals surface area contributed by atoms with E-state index >= 15 is 0 Å². The van der Waals surface area contributed by atoms with E-state index in [2.05, 4.69) is 20.6 Å². The summed E-state index contributed by atoms with van der Waals surface area (Å²) in [6.45, 7) is 5.02. The van der Waals surface area contributed by atoms with E-state index in [1.165, 1.54) is 12.4 Å². The Morgan fingerprint density at radius 2 is 1.61 bits per heavy atom. The van der Waals surface area contributed by atoms with Crippen LogP contribution >= 0.6 is 0 Å². The van der Waals surface area contributed by atoms with Gasteiger partial charge in [-0.25, -0.2) is 9.97 Å². The molecule has 2 heterocycles. The van der Waals surface area contributed by atoms with Gasteiger partial charge in [-0.15, -0.1) is 0 Å². The Hall–Kier alpha value is -4.07. The first-order valence-electron chi connectivity index (χ1n) is 12.3. The summed E-state index contributed by atoms with van der Waals surface area (Å²) < 4.78 is 0. The van der Waals surface area contributed by atoms with Gasteiger partial charge >= 0.3 is 0 Å². The van der Waals surface area contributed by atoms with Crippen LogP contribution in [0.4, 0.5) is 5.82 Å². The number of aryl methyl sites for hydroxylation is 1. The van der Waals surface area contributed by atoms with E-state index in [0.717, 1.165) is 17.5 Å². The minimum absolute atomic E-state index is 0.0630. The monoisotopic (exact) mass is 485 g/mol. The van der Waals surface area contributed by atoms with Gasteiger partial charge in [-0.05, 0) is 43.4 Å². The topological polar surface area (TPSA) is 104 Å². The van der Waals surface area contributed by atoms with Crippen LogP contribution in [-0.2, 0) is 4.79 Å². The summed E-state index contributed by atoms with van der Waals surface area (Å²) in [5.41, 5.74) is 2.42. The molecule has 3 aromatic rings. The molecule has 36 heavy (non-hydrogen) atoms. The summed E-state index contributed by atoms with van der Waals surface area (Å²) in [5.74, 6) is -0.661. The SMILES string of the molecule is CC[C@H](C(=O)N1CCC(NC(=O)c2nccnc2NC(=O)c2ccccc2C)CC1)c1ccccc1. The first kappa shape index (κ1) is 25.0. The molecular formula is C28H31N5O3. The Morgan fingerprint density at radius 1 is 0.944 bits per heavy atom. The average Bonchev–Trinajstić information content (AvgIpc) is 2.90. The molecule has 1 saturated heterocycles. The predicted octanol–water partition coefficient (Wildman–Crippen LogP) is 3.95. The van der Waals surface area contributed by atoms with Crippen molar-refractivity contribution in [2.24, 2.45) is 0 Å². The second-order valence-corrected chi connectivity index (χ2v) is 8.97. The summed E-state index contributed by atoms with van der Waals surface area (Å²) in [6, 6.07) is 17.0. The summed E-state index contributed by atoms with van der Waals surface area (Å²) in [7, 11) is 0. The molecule has 1 fully saturated rings. The Morgan fingerprint density at radius 3 is 2.31 bits per heavy atom. The molecule has 0 saturated carbocycles. The van der Waals surface area contributed by atoms with Gasteiger partial charge in [-0.3, -0.25) is 14.4 Å².